The van der Waals surface area contributed by atoms with Gasteiger partial charge in [0.05, 0.1) is 0 Å². The maximum Gasteiger partial charge on any atom is 0.122 e. The Hall–Kier alpha value is -2.49. The second-order valence-corrected chi connectivity index (χ2v) is 4.60. The van der Waals surface area contributed by atoms with Crippen molar-refractivity contribution in [2.24, 2.45) is 5.73 Å². The Morgan fingerprint density at radius 2 is 1.67 bits per heavy atom. The fourth-order valence-electron chi connectivity index (χ4n) is 1.98. The Morgan fingerprint density at radius 1 is 1.00 bits per heavy atom. The van der Waals surface area contributed by atoms with Crippen molar-refractivity contribution < 1.29 is 9.47 Å². The highest BCUT2D eigenvalue weighted by molar-refractivity contribution is 5.94. The summed E-state index contributed by atoms with van der Waals surface area (Å²) >= 11 is 0. The van der Waals surface area contributed by atoms with Gasteiger partial charge in [-0.3, -0.25) is 5.41 Å². The van der Waals surface area contributed by atoms with Crippen molar-refractivity contribution in [1.29, 1.82) is 5.41 Å². The molecule has 0 fully saturated rings. The first-order chi connectivity index (χ1) is 10.2. The zero-order chi connectivity index (χ0) is 15.1. The Bertz CT molecular complexity index is 594. The molecule has 0 radical (unpaired) electrons. The third kappa shape index (κ3) is 4.24. The van der Waals surface area contributed by atoms with E-state index in [4.69, 9.17) is 20.6 Å². The number of nitrogens with one attached hydrogen (secondary N) is 1. The molecule has 0 spiro atoms. The van der Waals surface area contributed by atoms with Crippen molar-refractivity contribution >= 4 is 5.84 Å². The number of para-hydroxylation sites is 1. The predicted octanol–water partition coefficient (Wildman–Crippen LogP) is 2.99. The lowest BCUT2D eigenvalue weighted by Crippen LogP contribution is -2.11. The van der Waals surface area contributed by atoms with Gasteiger partial charge in [-0.2, -0.15) is 0 Å². The van der Waals surface area contributed by atoms with Crippen LogP contribution in [0.2, 0.25) is 0 Å². The number of hydrogen-bond donors (Lipinski definition) is 2. The van der Waals surface area contributed by atoms with Gasteiger partial charge in [-0.05, 0) is 42.3 Å². The predicted molar refractivity (Wildman–Crippen MR) is 84.3 cm³/mol. The highest BCUT2D eigenvalue weighted by Gasteiger charge is 2.01. The lowest BCUT2D eigenvalue weighted by molar-refractivity contribution is 0.216. The van der Waals surface area contributed by atoms with Gasteiger partial charge in [-0.1, -0.05) is 25.1 Å². The van der Waals surface area contributed by atoms with Gasteiger partial charge in [0.15, 0.2) is 0 Å². The first-order valence-corrected chi connectivity index (χ1v) is 6.98. The van der Waals surface area contributed by atoms with Crippen LogP contribution in [0.25, 0.3) is 0 Å². The van der Waals surface area contributed by atoms with Gasteiger partial charge in [0.2, 0.25) is 0 Å². The molecule has 0 bridgehead atoms. The molecule has 0 amide bonds. The van der Waals surface area contributed by atoms with Crippen LogP contribution in [0.3, 0.4) is 0 Å². The first kappa shape index (κ1) is 14.9. The zero-order valence-electron chi connectivity index (χ0n) is 12.1. The van der Waals surface area contributed by atoms with Gasteiger partial charge in [0.25, 0.3) is 0 Å². The van der Waals surface area contributed by atoms with Gasteiger partial charge >= 0.3 is 0 Å². The molecule has 2 rings (SSSR count). The summed E-state index contributed by atoms with van der Waals surface area (Å²) in [5.74, 6) is 1.71. The van der Waals surface area contributed by atoms with Crippen molar-refractivity contribution in [2.75, 3.05) is 13.2 Å². The van der Waals surface area contributed by atoms with Crippen LogP contribution in [-0.2, 0) is 6.42 Å². The molecule has 3 N–H and O–H groups in total. The van der Waals surface area contributed by atoms with E-state index in [0.717, 1.165) is 17.9 Å². The maximum absolute atomic E-state index is 7.32. The summed E-state index contributed by atoms with van der Waals surface area (Å²) in [5.41, 5.74) is 7.29. The van der Waals surface area contributed by atoms with Crippen molar-refractivity contribution in [3.8, 4) is 11.5 Å². The molecule has 0 aliphatic rings. The average molecular weight is 284 g/mol. The molecular formula is C17H20N2O2. The lowest BCUT2D eigenvalue weighted by Gasteiger charge is -2.11. The van der Waals surface area contributed by atoms with Crippen molar-refractivity contribution in [3.63, 3.8) is 0 Å². The quantitative estimate of drug-likeness (QED) is 0.466. The van der Waals surface area contributed by atoms with E-state index in [2.05, 4.69) is 13.0 Å². The fraction of sp³-hybridized carbons (Fsp3) is 0.235. The summed E-state index contributed by atoms with van der Waals surface area (Å²) in [6, 6.07) is 15.2. The first-order valence-electron chi connectivity index (χ1n) is 6.98. The van der Waals surface area contributed by atoms with Crippen molar-refractivity contribution in [2.45, 2.75) is 13.3 Å². The van der Waals surface area contributed by atoms with Crippen LogP contribution in [0.1, 0.15) is 18.1 Å². The highest BCUT2D eigenvalue weighted by Crippen LogP contribution is 2.18. The summed E-state index contributed by atoms with van der Waals surface area (Å²) < 4.78 is 11.3. The van der Waals surface area contributed by atoms with Crippen LogP contribution in [0.4, 0.5) is 0 Å². The number of nitrogens with two attached hydrogens (primary N) is 1. The van der Waals surface area contributed by atoms with Gasteiger partial charge in [-0.15, -0.1) is 0 Å². The Kier molecular flexibility index (Phi) is 5.21. The van der Waals surface area contributed by atoms with Crippen LogP contribution in [0.15, 0.2) is 48.5 Å². The minimum absolute atomic E-state index is 0.0565. The zero-order valence-corrected chi connectivity index (χ0v) is 12.1. The molecule has 0 aliphatic heterocycles. The van der Waals surface area contributed by atoms with Crippen LogP contribution in [0, 0.1) is 5.41 Å². The third-order valence-corrected chi connectivity index (χ3v) is 3.13. The highest BCUT2D eigenvalue weighted by atomic mass is 16.5. The van der Waals surface area contributed by atoms with Crippen molar-refractivity contribution in [1.82, 2.24) is 0 Å². The summed E-state index contributed by atoms with van der Waals surface area (Å²) in [7, 11) is 0. The van der Waals surface area contributed by atoms with Crippen molar-refractivity contribution in [3.05, 3.63) is 59.7 Å². The second kappa shape index (κ2) is 7.33. The fourth-order valence-corrected chi connectivity index (χ4v) is 1.98. The molecule has 21 heavy (non-hydrogen) atoms. The molecule has 0 aliphatic carbocycles. The SMILES string of the molecule is CCc1ccccc1OCCOc1ccc(C(=N)N)cc1. The van der Waals surface area contributed by atoms with Gasteiger partial charge in [0, 0.05) is 5.56 Å². The van der Waals surface area contributed by atoms with Gasteiger partial charge in [0.1, 0.15) is 30.5 Å². The number of hydrogen-bond acceptors (Lipinski definition) is 3. The minimum Gasteiger partial charge on any atom is -0.490 e. The Labute approximate surface area is 125 Å². The molecule has 2 aromatic rings. The van der Waals surface area contributed by atoms with E-state index < -0.39 is 0 Å². The molecule has 0 heterocycles. The monoisotopic (exact) mass is 284 g/mol. The number of benzene rings is 2. The summed E-state index contributed by atoms with van der Waals surface area (Å²) in [4.78, 5) is 0. The normalized spacial score (nSPS) is 10.1. The van der Waals surface area contributed by atoms with Crippen LogP contribution < -0.4 is 15.2 Å². The summed E-state index contributed by atoms with van der Waals surface area (Å²) in [6.45, 7) is 3.07. The Balaban J connectivity index is 1.80. The summed E-state index contributed by atoms with van der Waals surface area (Å²) in [5, 5.41) is 7.32. The average Bonchev–Trinajstić information content (AvgIpc) is 2.52. The van der Waals surface area contributed by atoms with Gasteiger partial charge in [-0.25, -0.2) is 0 Å². The summed E-state index contributed by atoms with van der Waals surface area (Å²) in [6.07, 6.45) is 0.948. The van der Waals surface area contributed by atoms with Crippen LogP contribution >= 0.6 is 0 Å². The molecule has 0 saturated heterocycles. The molecule has 4 nitrogen and oxygen atoms in total. The number of aryl methyl sites for hydroxylation is 1. The van der Waals surface area contributed by atoms with E-state index in [1.807, 2.05) is 18.2 Å². The molecular weight excluding hydrogens is 264 g/mol. The topological polar surface area (TPSA) is 68.3 Å². The molecule has 0 aromatic heterocycles. The number of nitrogen functional groups attached to an aromatic ring is 1. The van der Waals surface area contributed by atoms with E-state index in [9.17, 15) is 0 Å². The lowest BCUT2D eigenvalue weighted by atomic mass is 10.1. The number of ether oxygens (including phenoxy) is 2. The third-order valence-electron chi connectivity index (χ3n) is 3.13. The molecule has 0 saturated carbocycles. The van der Waals surface area contributed by atoms with E-state index >= 15 is 0 Å². The Morgan fingerprint density at radius 3 is 2.33 bits per heavy atom. The number of rotatable bonds is 7. The standard InChI is InChI=1S/C17H20N2O2/c1-2-13-5-3-4-6-16(13)21-12-11-20-15-9-7-14(8-10-15)17(18)19/h3-10H,2,11-12H2,1H3,(H3,18,19). The second-order valence-electron chi connectivity index (χ2n) is 4.60. The molecule has 0 unspecified atom stereocenters. The maximum atomic E-state index is 7.32. The van der Waals surface area contributed by atoms with E-state index in [1.165, 1.54) is 5.56 Å². The van der Waals surface area contributed by atoms with E-state index in [-0.39, 0.29) is 5.84 Å². The molecule has 110 valence electrons. The molecule has 0 atom stereocenters. The number of amidine groups is 1. The van der Waals surface area contributed by atoms with E-state index in [1.54, 1.807) is 24.3 Å². The van der Waals surface area contributed by atoms with Crippen LogP contribution in [-0.4, -0.2) is 19.0 Å². The molecule has 2 aromatic carbocycles. The smallest absolute Gasteiger partial charge is 0.122 e. The van der Waals surface area contributed by atoms with Crippen LogP contribution in [0.5, 0.6) is 11.5 Å². The minimum atomic E-state index is 0.0565. The largest absolute Gasteiger partial charge is 0.490 e. The van der Waals surface area contributed by atoms with Gasteiger partial charge < -0.3 is 15.2 Å². The molecule has 4 heteroatoms. The van der Waals surface area contributed by atoms with E-state index in [0.29, 0.717) is 18.8 Å².